The van der Waals surface area contributed by atoms with Gasteiger partial charge in [0.25, 0.3) is 0 Å². The number of pyridine rings is 2. The predicted octanol–water partition coefficient (Wildman–Crippen LogP) is 5.56. The lowest BCUT2D eigenvalue weighted by Crippen LogP contribution is -2.30. The van der Waals surface area contributed by atoms with E-state index in [0.717, 1.165) is 11.3 Å². The molecule has 2 heterocycles. The van der Waals surface area contributed by atoms with Crippen LogP contribution in [0.5, 0.6) is 11.5 Å². The van der Waals surface area contributed by atoms with Crippen LogP contribution in [0.15, 0.2) is 97.2 Å². The molecule has 0 unspecified atom stereocenters. The first-order valence-electron chi connectivity index (χ1n) is 13.8. The highest BCUT2D eigenvalue weighted by atomic mass is 31.2. The summed E-state index contributed by atoms with van der Waals surface area (Å²) in [5, 5.41) is 0. The minimum absolute atomic E-state index is 0.245. The summed E-state index contributed by atoms with van der Waals surface area (Å²) in [4.78, 5) is 39.9. The molecule has 0 aliphatic carbocycles. The number of phosphoric ester groups is 1. The van der Waals surface area contributed by atoms with Crippen LogP contribution in [0.25, 0.3) is 11.3 Å². The number of aromatic nitrogens is 2. The van der Waals surface area contributed by atoms with Crippen molar-refractivity contribution in [2.45, 2.75) is 12.8 Å². The van der Waals surface area contributed by atoms with E-state index in [1.54, 1.807) is 66.4 Å². The standard InChI is InChI=1S/C30H34N4O9P2/c1-33(30(35)40-23-41-45(37,38)39)20-17-25-10-9-15-29(32-25)24-16-19-31-26(22-24)18-21-34(2)44(36,42-27-11-5-3-6-12-27)43-28-13-7-4-8-14-28/h3-16,19,22H,17-18,20-21,23H2,1-2H3,(H2,37,38,39). The number of amides is 1. The van der Waals surface area contributed by atoms with Crippen LogP contribution in [-0.2, 0) is 31.2 Å². The molecule has 0 aliphatic rings. The molecule has 0 saturated heterocycles. The zero-order valence-electron chi connectivity index (χ0n) is 24.7. The molecule has 2 aromatic carbocycles. The summed E-state index contributed by atoms with van der Waals surface area (Å²) in [6.45, 7) is -0.295. The molecule has 4 aromatic rings. The van der Waals surface area contributed by atoms with E-state index in [1.807, 2.05) is 42.5 Å². The second-order valence-corrected chi connectivity index (χ2v) is 13.0. The van der Waals surface area contributed by atoms with E-state index in [9.17, 15) is 13.9 Å². The second kappa shape index (κ2) is 15.8. The number of hydrogen-bond acceptors (Lipinski definition) is 9. The summed E-state index contributed by atoms with van der Waals surface area (Å²) in [7, 11) is -5.35. The maximum absolute atomic E-state index is 14.0. The highest BCUT2D eigenvalue weighted by Gasteiger charge is 2.34. The molecule has 0 saturated carbocycles. The second-order valence-electron chi connectivity index (χ2n) is 9.78. The van der Waals surface area contributed by atoms with Gasteiger partial charge in [-0.25, -0.2) is 18.4 Å². The summed E-state index contributed by atoms with van der Waals surface area (Å²) in [6, 6.07) is 27.0. The number of para-hydroxylation sites is 2. The zero-order valence-corrected chi connectivity index (χ0v) is 26.5. The van der Waals surface area contributed by atoms with Crippen molar-refractivity contribution in [1.29, 1.82) is 0 Å². The molecule has 0 radical (unpaired) electrons. The number of nitrogens with zero attached hydrogens (tertiary/aromatic N) is 4. The molecule has 0 spiro atoms. The first kappa shape index (κ1) is 33.8. The van der Waals surface area contributed by atoms with Gasteiger partial charge in [0.2, 0.25) is 6.79 Å². The van der Waals surface area contributed by atoms with Crippen LogP contribution in [-0.4, -0.2) is 69.4 Å². The van der Waals surface area contributed by atoms with Gasteiger partial charge in [-0.1, -0.05) is 42.5 Å². The minimum Gasteiger partial charge on any atom is -0.422 e. The largest absolute Gasteiger partial charge is 0.515 e. The molecule has 13 nitrogen and oxygen atoms in total. The molecule has 0 bridgehead atoms. The Bertz CT molecular complexity index is 1600. The van der Waals surface area contributed by atoms with Crippen molar-refractivity contribution in [3.63, 3.8) is 0 Å². The molecular formula is C30H34N4O9P2. The van der Waals surface area contributed by atoms with Crippen molar-refractivity contribution in [1.82, 2.24) is 19.5 Å². The Morgan fingerprint density at radius 3 is 2.04 bits per heavy atom. The molecule has 45 heavy (non-hydrogen) atoms. The average Bonchev–Trinajstić information content (AvgIpc) is 3.03. The molecule has 2 aromatic heterocycles. The predicted molar refractivity (Wildman–Crippen MR) is 166 cm³/mol. The number of phosphoric acid groups is 1. The van der Waals surface area contributed by atoms with Crippen LogP contribution in [0.4, 0.5) is 4.79 Å². The van der Waals surface area contributed by atoms with Gasteiger partial charge in [0.15, 0.2) is 0 Å². The number of likely N-dealkylation sites (N-methyl/N-ethyl adjacent to an activating group) is 2. The SMILES string of the molecule is CN(CCc1cccc(-c2ccnc(CCN(C)P(=O)(Oc3ccccc3)Oc3ccccc3)c2)n1)C(=O)OCOP(=O)(O)O. The van der Waals surface area contributed by atoms with Crippen molar-refractivity contribution in [2.24, 2.45) is 0 Å². The third-order valence-electron chi connectivity index (χ3n) is 6.38. The Labute approximate surface area is 261 Å². The molecular weight excluding hydrogens is 622 g/mol. The quantitative estimate of drug-likeness (QED) is 0.121. The monoisotopic (exact) mass is 656 g/mol. The molecule has 0 atom stereocenters. The fourth-order valence-electron chi connectivity index (χ4n) is 3.97. The van der Waals surface area contributed by atoms with E-state index in [1.165, 1.54) is 11.9 Å². The molecule has 15 heteroatoms. The summed E-state index contributed by atoms with van der Waals surface area (Å²) in [6.07, 6.45) is 1.74. The molecule has 0 fully saturated rings. The number of carbonyl (C=O) groups is 1. The van der Waals surface area contributed by atoms with Crippen molar-refractivity contribution in [3.8, 4) is 22.8 Å². The van der Waals surface area contributed by atoms with Gasteiger partial charge >= 0.3 is 21.7 Å². The van der Waals surface area contributed by atoms with Gasteiger partial charge in [0, 0.05) is 56.1 Å². The lowest BCUT2D eigenvalue weighted by atomic mass is 10.1. The fraction of sp³-hybridized carbons (Fsp3) is 0.233. The van der Waals surface area contributed by atoms with Gasteiger partial charge in [-0.3, -0.25) is 9.97 Å². The van der Waals surface area contributed by atoms with E-state index < -0.39 is 28.5 Å². The fourth-order valence-corrected chi connectivity index (χ4v) is 5.60. The van der Waals surface area contributed by atoms with E-state index in [0.29, 0.717) is 42.3 Å². The Balaban J connectivity index is 1.38. The highest BCUT2D eigenvalue weighted by molar-refractivity contribution is 7.52. The number of ether oxygens (including phenoxy) is 1. The van der Waals surface area contributed by atoms with Gasteiger partial charge in [0.05, 0.1) is 5.69 Å². The maximum atomic E-state index is 14.0. The van der Waals surface area contributed by atoms with E-state index >= 15 is 0 Å². The van der Waals surface area contributed by atoms with Crippen LogP contribution in [0.1, 0.15) is 11.4 Å². The molecule has 4 rings (SSSR count). The minimum atomic E-state index is -4.73. The lowest BCUT2D eigenvalue weighted by molar-refractivity contribution is 0.0240. The zero-order chi connectivity index (χ0) is 32.3. The average molecular weight is 657 g/mol. The highest BCUT2D eigenvalue weighted by Crippen LogP contribution is 2.51. The number of carbonyl (C=O) groups excluding carboxylic acids is 1. The number of rotatable bonds is 15. The smallest absolute Gasteiger partial charge is 0.422 e. The third kappa shape index (κ3) is 10.8. The van der Waals surface area contributed by atoms with Crippen LogP contribution in [0, 0.1) is 0 Å². The van der Waals surface area contributed by atoms with Gasteiger partial charge in [-0.05, 0) is 55.6 Å². The van der Waals surface area contributed by atoms with E-state index in [4.69, 9.17) is 28.6 Å². The molecule has 1 amide bonds. The molecule has 0 aliphatic heterocycles. The van der Waals surface area contributed by atoms with Gasteiger partial charge in [0.1, 0.15) is 11.5 Å². The third-order valence-corrected chi connectivity index (χ3v) is 8.74. The van der Waals surface area contributed by atoms with Gasteiger partial charge < -0.3 is 28.5 Å². The van der Waals surface area contributed by atoms with Crippen molar-refractivity contribution >= 4 is 21.7 Å². The summed E-state index contributed by atoms with van der Waals surface area (Å²) >= 11 is 0. The van der Waals surface area contributed by atoms with Gasteiger partial charge in [-0.15, -0.1) is 0 Å². The molecule has 238 valence electrons. The first-order valence-corrected chi connectivity index (χ1v) is 16.8. The first-order chi connectivity index (χ1) is 21.5. The van der Waals surface area contributed by atoms with Crippen LogP contribution < -0.4 is 9.05 Å². The van der Waals surface area contributed by atoms with Crippen molar-refractivity contribution < 1.29 is 42.0 Å². The van der Waals surface area contributed by atoms with Crippen molar-refractivity contribution in [3.05, 3.63) is 109 Å². The Kier molecular flexibility index (Phi) is 11.8. The number of hydrogen-bond donors (Lipinski definition) is 2. The van der Waals surface area contributed by atoms with E-state index in [-0.39, 0.29) is 6.54 Å². The Hall–Kier alpha value is -4.09. The topological polar surface area (TPSA) is 161 Å². The number of benzene rings is 2. The van der Waals surface area contributed by atoms with Crippen LogP contribution in [0.2, 0.25) is 0 Å². The normalized spacial score (nSPS) is 11.7. The summed E-state index contributed by atoms with van der Waals surface area (Å²) in [5.74, 6) is 0.846. The summed E-state index contributed by atoms with van der Waals surface area (Å²) in [5.41, 5.74) is 3.00. The summed E-state index contributed by atoms with van der Waals surface area (Å²) < 4.78 is 47.0. The van der Waals surface area contributed by atoms with Gasteiger partial charge in [-0.2, -0.15) is 4.67 Å². The Morgan fingerprint density at radius 1 is 0.800 bits per heavy atom. The van der Waals surface area contributed by atoms with Crippen LogP contribution in [0.3, 0.4) is 0 Å². The maximum Gasteiger partial charge on any atom is 0.515 e. The Morgan fingerprint density at radius 2 is 1.42 bits per heavy atom. The van der Waals surface area contributed by atoms with Crippen molar-refractivity contribution in [2.75, 3.05) is 34.0 Å². The van der Waals surface area contributed by atoms with Crippen LogP contribution >= 0.6 is 15.6 Å². The van der Waals surface area contributed by atoms with E-state index in [2.05, 4.69) is 9.51 Å². The molecule has 2 N–H and O–H groups in total. The lowest BCUT2D eigenvalue weighted by Gasteiger charge is -2.27.